The Balaban J connectivity index is -0.0000000318. The molecule has 0 rings (SSSR count). The number of carboxylic acids is 2. The normalized spacial score (nSPS) is 5.73. The Kier molecular flexibility index (Phi) is 72.8. The first kappa shape index (κ1) is 29.3. The summed E-state index contributed by atoms with van der Waals surface area (Å²) in [6, 6.07) is 0. The van der Waals surface area contributed by atoms with Crippen molar-refractivity contribution in [2.24, 2.45) is 0 Å². The molecule has 4 N–H and O–H groups in total. The van der Waals surface area contributed by atoms with Gasteiger partial charge in [0.1, 0.15) is 0 Å². The number of carbonyl (C=O) groups is 2. The minimum atomic E-state index is -0.745. The van der Waals surface area contributed by atoms with Crippen molar-refractivity contribution in [1.29, 1.82) is 0 Å². The predicted octanol–water partition coefficient (Wildman–Crippen LogP) is 0.177. The fraction of sp³-hybridized carbons (Fsp3) is 0.750. The van der Waals surface area contributed by atoms with E-state index in [0.717, 1.165) is 14.2 Å². The van der Waals surface area contributed by atoms with Gasteiger partial charge in [0.25, 0.3) is 0 Å². The molecule has 0 aromatic heterocycles. The summed E-state index contributed by atoms with van der Waals surface area (Å²) >= 11 is 0. The quantitative estimate of drug-likeness (QED) is 0.578. The van der Waals surface area contributed by atoms with E-state index in [0.29, 0.717) is 0 Å². The van der Waals surface area contributed by atoms with Gasteiger partial charge in [-0.25, -0.2) is 0 Å². The molecule has 15 heavy (non-hydrogen) atoms. The molecule has 0 aromatic rings. The van der Waals surface area contributed by atoms with Gasteiger partial charge in [-0.05, 0) is 0 Å². The maximum atomic E-state index is 9.37. The molecule has 92 valence electrons. The van der Waals surface area contributed by atoms with E-state index in [4.69, 9.17) is 20.4 Å². The molecule has 0 saturated heterocycles. The Hall–Kier alpha value is -0.257. The number of rotatable bonds is 2. The molecule has 0 amide bonds. The second kappa shape index (κ2) is 37.2. The molecule has 0 aliphatic rings. The average molecular weight is 303 g/mol. The van der Waals surface area contributed by atoms with Gasteiger partial charge in [-0.3, -0.25) is 9.59 Å². The van der Waals surface area contributed by atoms with Gasteiger partial charge >= 0.3 is 11.9 Å². The molecule has 0 radical (unpaired) electrons. The fourth-order valence-corrected chi connectivity index (χ4v) is 0. The molecule has 7 heteroatoms. The van der Waals surface area contributed by atoms with Crippen molar-refractivity contribution in [3.63, 3.8) is 0 Å². The number of carboxylic acid groups (broad SMARTS) is 2. The maximum Gasteiger partial charge on any atom is 0.303 e. The summed E-state index contributed by atoms with van der Waals surface area (Å²) in [5, 5.41) is 29.4. The zero-order chi connectivity index (χ0) is 12.6. The van der Waals surface area contributed by atoms with E-state index in [1.165, 1.54) is 0 Å². The molecule has 0 heterocycles. The summed E-state index contributed by atoms with van der Waals surface area (Å²) in [7, 11) is 2.00. The summed E-state index contributed by atoms with van der Waals surface area (Å²) in [5.74, 6) is -1.49. The first-order valence-corrected chi connectivity index (χ1v) is 3.87. The number of aliphatic hydroxyl groups is 2. The fourth-order valence-electron chi connectivity index (χ4n) is 0. The van der Waals surface area contributed by atoms with E-state index in [-0.39, 0.29) is 39.0 Å². The van der Waals surface area contributed by atoms with Crippen molar-refractivity contribution in [1.82, 2.24) is 0 Å². The van der Waals surface area contributed by atoms with Crippen molar-refractivity contribution in [2.45, 2.75) is 26.7 Å². The zero-order valence-electron chi connectivity index (χ0n) is 9.52. The Labute approximate surface area is 109 Å². The average Bonchev–Trinajstić information content (AvgIpc) is 2.24. The molecule has 0 saturated carbocycles. The van der Waals surface area contributed by atoms with Crippen LogP contribution in [0.4, 0.5) is 0 Å². The summed E-state index contributed by atoms with van der Waals surface area (Å²) in [6.07, 6.45) is 0.444. The molecular weight excluding hydrogens is 283 g/mol. The molecule has 0 aromatic carbocycles. The monoisotopic (exact) mass is 302 g/mol. The van der Waals surface area contributed by atoms with Gasteiger partial charge in [-0.2, -0.15) is 0 Å². The van der Waals surface area contributed by atoms with Crippen LogP contribution >= 0.6 is 0 Å². The van der Waals surface area contributed by atoms with Crippen LogP contribution in [0.5, 0.6) is 0 Å². The van der Waals surface area contributed by atoms with Crippen molar-refractivity contribution in [2.75, 3.05) is 14.2 Å². The van der Waals surface area contributed by atoms with Gasteiger partial charge in [0.2, 0.25) is 0 Å². The minimum Gasteiger partial charge on any atom is -0.481 e. The van der Waals surface area contributed by atoms with Gasteiger partial charge in [0.15, 0.2) is 0 Å². The summed E-state index contributed by atoms with van der Waals surface area (Å²) < 4.78 is 0. The van der Waals surface area contributed by atoms with Crippen LogP contribution < -0.4 is 0 Å². The molecule has 0 spiro atoms. The second-order valence-electron chi connectivity index (χ2n) is 1.49. The molecule has 6 nitrogen and oxygen atoms in total. The third-order valence-corrected chi connectivity index (χ3v) is 0.605. The van der Waals surface area contributed by atoms with E-state index in [2.05, 4.69) is 0 Å². The molecule has 0 aliphatic heterocycles. The van der Waals surface area contributed by atoms with Crippen LogP contribution in [0, 0.1) is 0 Å². The van der Waals surface area contributed by atoms with Crippen molar-refractivity contribution < 1.29 is 56.2 Å². The molecule has 0 fully saturated rings. The molecule has 0 atom stereocenters. The molecule has 0 bridgehead atoms. The third kappa shape index (κ3) is 135. The number of hydrogen-bond donors (Lipinski definition) is 4. The van der Waals surface area contributed by atoms with E-state index < -0.39 is 11.9 Å². The summed E-state index contributed by atoms with van der Waals surface area (Å²) in [4.78, 5) is 18.7. The van der Waals surface area contributed by atoms with Crippen LogP contribution in [-0.2, 0) is 35.8 Å². The standard InChI is InChI=1S/2C3H6O2.2CH4O.Zr/c2*1-2-3(4)5;2*1-2;/h2*2H2,1H3,(H,4,5);2*2H,1H3;. The van der Waals surface area contributed by atoms with Gasteiger partial charge in [0.05, 0.1) is 0 Å². The van der Waals surface area contributed by atoms with Crippen LogP contribution in [0.1, 0.15) is 26.7 Å². The van der Waals surface area contributed by atoms with E-state index in [1.807, 2.05) is 0 Å². The minimum absolute atomic E-state index is 0. The van der Waals surface area contributed by atoms with Crippen LogP contribution in [0.25, 0.3) is 0 Å². The number of aliphatic carboxylic acids is 2. The van der Waals surface area contributed by atoms with Crippen molar-refractivity contribution in [3.8, 4) is 0 Å². The molecular formula is C8H20O6Zr. The molecule has 0 unspecified atom stereocenters. The van der Waals surface area contributed by atoms with Crippen LogP contribution in [0.15, 0.2) is 0 Å². The van der Waals surface area contributed by atoms with Gasteiger partial charge in [-0.1, -0.05) is 13.8 Å². The zero-order valence-corrected chi connectivity index (χ0v) is 12.0. The van der Waals surface area contributed by atoms with E-state index in [1.54, 1.807) is 13.8 Å². The third-order valence-electron chi connectivity index (χ3n) is 0.605. The summed E-state index contributed by atoms with van der Waals surface area (Å²) in [5.41, 5.74) is 0. The van der Waals surface area contributed by atoms with Crippen LogP contribution in [-0.4, -0.2) is 46.6 Å². The smallest absolute Gasteiger partial charge is 0.303 e. The number of hydrogen-bond acceptors (Lipinski definition) is 4. The van der Waals surface area contributed by atoms with E-state index in [9.17, 15) is 9.59 Å². The van der Waals surface area contributed by atoms with Crippen LogP contribution in [0.2, 0.25) is 0 Å². The first-order valence-electron chi connectivity index (χ1n) is 3.87. The second-order valence-corrected chi connectivity index (χ2v) is 1.49. The Bertz CT molecular complexity index is 104. The van der Waals surface area contributed by atoms with E-state index >= 15 is 0 Å². The van der Waals surface area contributed by atoms with Crippen molar-refractivity contribution in [3.05, 3.63) is 0 Å². The van der Waals surface area contributed by atoms with Gasteiger partial charge in [0, 0.05) is 53.3 Å². The largest absolute Gasteiger partial charge is 0.481 e. The first-order chi connectivity index (χ1) is 6.54. The Morgan fingerprint density at radius 2 is 0.867 bits per heavy atom. The molecule has 0 aliphatic carbocycles. The Morgan fingerprint density at radius 1 is 0.800 bits per heavy atom. The van der Waals surface area contributed by atoms with Gasteiger partial charge < -0.3 is 20.4 Å². The van der Waals surface area contributed by atoms with Crippen molar-refractivity contribution >= 4 is 11.9 Å². The Morgan fingerprint density at radius 3 is 0.867 bits per heavy atom. The number of aliphatic hydroxyl groups excluding tert-OH is 2. The van der Waals surface area contributed by atoms with Gasteiger partial charge in [-0.15, -0.1) is 0 Å². The predicted molar refractivity (Wildman–Crippen MR) is 52.1 cm³/mol. The topological polar surface area (TPSA) is 115 Å². The van der Waals surface area contributed by atoms with Crippen LogP contribution in [0.3, 0.4) is 0 Å². The maximum absolute atomic E-state index is 9.37. The summed E-state index contributed by atoms with van der Waals surface area (Å²) in [6.45, 7) is 3.20. The SMILES string of the molecule is CCC(=O)O.CCC(=O)O.CO.CO.[Zr].